The molecule has 39 heavy (non-hydrogen) atoms. The first kappa shape index (κ1) is 26.6. The number of likely N-dealkylation sites (tertiary alicyclic amines) is 1. The average Bonchev–Trinajstić information content (AvgIpc) is 3.19. The van der Waals surface area contributed by atoms with Crippen molar-refractivity contribution in [2.75, 3.05) is 21.3 Å². The number of halogens is 1. The molecule has 0 radical (unpaired) electrons. The smallest absolute Gasteiger partial charge is 0.423 e. The van der Waals surface area contributed by atoms with E-state index in [0.29, 0.717) is 16.0 Å². The highest BCUT2D eigenvalue weighted by atomic mass is 79.9. The largest absolute Gasteiger partial charge is 0.502 e. The Morgan fingerprint density at radius 1 is 1.05 bits per heavy atom. The van der Waals surface area contributed by atoms with Crippen LogP contribution in [0.15, 0.2) is 51.6 Å². The van der Waals surface area contributed by atoms with Gasteiger partial charge in [-0.05, 0) is 52.4 Å². The highest BCUT2D eigenvalue weighted by Crippen LogP contribution is 2.53. The van der Waals surface area contributed by atoms with Crippen LogP contribution in [0, 0.1) is 23.7 Å². The van der Waals surface area contributed by atoms with Crippen LogP contribution in [0.5, 0.6) is 17.2 Å². The number of aromatic hydroxyl groups is 1. The number of allylic oxidation sites excluding steroid dienone is 7. The molecule has 1 aliphatic heterocycles. The van der Waals surface area contributed by atoms with Crippen LogP contribution in [0.4, 0.5) is 4.79 Å². The maximum Gasteiger partial charge on any atom is 0.423 e. The first-order valence-corrected chi connectivity index (χ1v) is 12.9. The number of methoxy groups -OCH3 is 3. The Labute approximate surface area is 231 Å². The highest BCUT2D eigenvalue weighted by molar-refractivity contribution is 9.12. The fourth-order valence-corrected chi connectivity index (χ4v) is 6.42. The Morgan fingerprint density at radius 2 is 1.72 bits per heavy atom. The molecule has 0 spiro atoms. The maximum absolute atomic E-state index is 13.4. The molecule has 1 fully saturated rings. The minimum Gasteiger partial charge on any atom is -0.502 e. The van der Waals surface area contributed by atoms with E-state index in [-0.39, 0.29) is 51.7 Å². The summed E-state index contributed by atoms with van der Waals surface area (Å²) in [5, 5.41) is 10.3. The first-order chi connectivity index (χ1) is 18.6. The molecule has 10 nitrogen and oxygen atoms in total. The van der Waals surface area contributed by atoms with E-state index < -0.39 is 41.6 Å². The zero-order valence-corrected chi connectivity index (χ0v) is 22.8. The van der Waals surface area contributed by atoms with Crippen molar-refractivity contribution in [2.45, 2.75) is 12.8 Å². The Bertz CT molecular complexity index is 1440. The van der Waals surface area contributed by atoms with E-state index in [1.165, 1.54) is 20.3 Å². The summed E-state index contributed by atoms with van der Waals surface area (Å²) in [6, 6.07) is 3.18. The van der Waals surface area contributed by atoms with Crippen molar-refractivity contribution in [1.29, 1.82) is 0 Å². The van der Waals surface area contributed by atoms with Gasteiger partial charge in [-0.3, -0.25) is 19.2 Å². The Balaban J connectivity index is 1.61. The number of hydrogen-bond donors (Lipinski definition) is 1. The van der Waals surface area contributed by atoms with Crippen LogP contribution in [0.3, 0.4) is 0 Å². The van der Waals surface area contributed by atoms with Gasteiger partial charge in [0.15, 0.2) is 23.1 Å². The van der Waals surface area contributed by atoms with E-state index in [0.717, 1.165) is 12.7 Å². The molecule has 0 aromatic heterocycles. The van der Waals surface area contributed by atoms with Crippen LogP contribution in [0.1, 0.15) is 18.4 Å². The summed E-state index contributed by atoms with van der Waals surface area (Å²) in [7, 11) is 3.90. The van der Waals surface area contributed by atoms with Crippen molar-refractivity contribution in [1.82, 2.24) is 4.90 Å². The summed E-state index contributed by atoms with van der Waals surface area (Å²) >= 11 is 3.18. The SMILES string of the molecule is COC(=O)N1C(=O)[C@H]2[C@H](CC=C3[C@H](C=Cc4cc(OC)c(O)c(OC)c4)C4=C(C[C@H]32)C(=O)C(Br)=CC4=O)C1=O. The normalized spacial score (nSPS) is 26.2. The molecule has 0 unspecified atom stereocenters. The summed E-state index contributed by atoms with van der Waals surface area (Å²) in [5.41, 5.74) is 1.89. The topological polar surface area (TPSA) is 137 Å². The van der Waals surface area contributed by atoms with Crippen molar-refractivity contribution < 1.29 is 43.3 Å². The van der Waals surface area contributed by atoms with Gasteiger partial charge >= 0.3 is 6.09 Å². The van der Waals surface area contributed by atoms with Crippen molar-refractivity contribution in [3.05, 3.63) is 57.1 Å². The van der Waals surface area contributed by atoms with Crippen LogP contribution >= 0.6 is 15.9 Å². The lowest BCUT2D eigenvalue weighted by atomic mass is 9.61. The number of Topliss-reactive ketones (excluding diaryl/α,β-unsaturated/α-hetero) is 1. The second kappa shape index (κ2) is 9.96. The third-order valence-corrected chi connectivity index (χ3v) is 8.31. The van der Waals surface area contributed by atoms with Gasteiger partial charge < -0.3 is 19.3 Å². The predicted molar refractivity (Wildman–Crippen MR) is 140 cm³/mol. The molecule has 0 saturated carbocycles. The van der Waals surface area contributed by atoms with Crippen LogP contribution in [-0.2, 0) is 23.9 Å². The Kier molecular flexibility index (Phi) is 6.79. The lowest BCUT2D eigenvalue weighted by molar-refractivity contribution is -0.137. The number of phenols is 1. The number of ketones is 2. The Hall–Kier alpha value is -3.99. The lowest BCUT2D eigenvalue weighted by Crippen LogP contribution is -2.40. The van der Waals surface area contributed by atoms with Crippen molar-refractivity contribution >= 4 is 51.5 Å². The zero-order valence-electron chi connectivity index (χ0n) is 21.2. The molecule has 5 rings (SSSR count). The van der Waals surface area contributed by atoms with Crippen LogP contribution in [0.2, 0.25) is 0 Å². The molecule has 3 amide bonds. The van der Waals surface area contributed by atoms with Gasteiger partial charge in [0.25, 0.3) is 0 Å². The number of amides is 3. The number of nitrogens with zero attached hydrogens (tertiary/aromatic N) is 1. The zero-order chi connectivity index (χ0) is 28.2. The van der Waals surface area contributed by atoms with E-state index in [1.54, 1.807) is 24.3 Å². The quantitative estimate of drug-likeness (QED) is 0.314. The first-order valence-electron chi connectivity index (χ1n) is 12.1. The maximum atomic E-state index is 13.4. The number of carbonyl (C=O) groups is 5. The molecule has 4 aliphatic rings. The standard InChI is InChI=1S/C28H24BrNO9/c1-37-20-8-12(9-21(38-2)25(20)33)4-5-14-13-6-7-15-23(27(35)30(26(15)34)28(36)39-3)16(13)10-17-22(14)19(31)11-18(29)24(17)32/h4-6,8-9,11,14-16,23,33H,7,10H2,1-3H3/t14-,15-,16+,23-/m0/s1. The van der Waals surface area contributed by atoms with E-state index in [9.17, 15) is 29.1 Å². The van der Waals surface area contributed by atoms with E-state index >= 15 is 0 Å². The van der Waals surface area contributed by atoms with Crippen molar-refractivity contribution in [3.63, 3.8) is 0 Å². The second-order valence-electron chi connectivity index (χ2n) is 9.55. The third-order valence-electron chi connectivity index (χ3n) is 7.72. The monoisotopic (exact) mass is 597 g/mol. The molecule has 0 bridgehead atoms. The number of ether oxygens (including phenoxy) is 3. The summed E-state index contributed by atoms with van der Waals surface area (Å²) in [6.45, 7) is 0. The van der Waals surface area contributed by atoms with Crippen molar-refractivity contribution in [2.24, 2.45) is 23.7 Å². The number of hydrogen-bond acceptors (Lipinski definition) is 9. The molecular weight excluding hydrogens is 574 g/mol. The van der Waals surface area contributed by atoms with E-state index in [1.807, 2.05) is 6.08 Å². The van der Waals surface area contributed by atoms with Gasteiger partial charge in [-0.1, -0.05) is 23.8 Å². The number of rotatable bonds is 4. The summed E-state index contributed by atoms with van der Waals surface area (Å²) in [4.78, 5) is 65.5. The summed E-state index contributed by atoms with van der Waals surface area (Å²) < 4.78 is 15.2. The molecule has 1 N–H and O–H groups in total. The van der Waals surface area contributed by atoms with Crippen molar-refractivity contribution in [3.8, 4) is 17.2 Å². The average molecular weight is 598 g/mol. The predicted octanol–water partition coefficient (Wildman–Crippen LogP) is 3.48. The van der Waals surface area contributed by atoms with E-state index in [4.69, 9.17) is 9.47 Å². The van der Waals surface area contributed by atoms with Crippen LogP contribution < -0.4 is 9.47 Å². The number of fused-ring (bicyclic) bond motifs is 3. The van der Waals surface area contributed by atoms with Crippen LogP contribution in [0.25, 0.3) is 6.08 Å². The molecule has 3 aliphatic carbocycles. The lowest BCUT2D eigenvalue weighted by Gasteiger charge is -2.41. The molecule has 1 saturated heterocycles. The van der Waals surface area contributed by atoms with Gasteiger partial charge in [0, 0.05) is 23.1 Å². The van der Waals surface area contributed by atoms with Gasteiger partial charge in [-0.25, -0.2) is 4.79 Å². The number of benzene rings is 1. The minimum atomic E-state index is -1.04. The van der Waals surface area contributed by atoms with Gasteiger partial charge in [0.05, 0.1) is 37.6 Å². The van der Waals surface area contributed by atoms with Gasteiger partial charge in [0.1, 0.15) is 0 Å². The third kappa shape index (κ3) is 4.12. The number of carbonyl (C=O) groups excluding carboxylic acids is 5. The highest BCUT2D eigenvalue weighted by Gasteiger charge is 2.57. The molecule has 1 aromatic carbocycles. The molecule has 202 valence electrons. The number of phenolic OH excluding ortho intramolecular Hbond substituents is 1. The van der Waals surface area contributed by atoms with Crippen LogP contribution in [-0.4, -0.2) is 60.8 Å². The molecule has 11 heteroatoms. The summed E-state index contributed by atoms with van der Waals surface area (Å²) in [5.74, 6) is -4.69. The second-order valence-corrected chi connectivity index (χ2v) is 10.4. The fraction of sp³-hybridized carbons (Fsp3) is 0.321. The fourth-order valence-electron chi connectivity index (χ4n) is 5.97. The summed E-state index contributed by atoms with van der Waals surface area (Å²) in [6.07, 6.45) is 5.76. The van der Waals surface area contributed by atoms with Gasteiger partial charge in [0.2, 0.25) is 17.6 Å². The van der Waals surface area contributed by atoms with Gasteiger partial charge in [-0.2, -0.15) is 4.90 Å². The molecular formula is C28H24BrNO9. The minimum absolute atomic E-state index is 0.0784. The van der Waals surface area contributed by atoms with E-state index in [2.05, 4.69) is 20.7 Å². The molecule has 1 aromatic rings. The molecule has 1 heterocycles. The molecule has 4 atom stereocenters. The Morgan fingerprint density at radius 3 is 2.33 bits per heavy atom. The van der Waals surface area contributed by atoms with Gasteiger partial charge in [-0.15, -0.1) is 0 Å². The number of imide groups is 3.